The highest BCUT2D eigenvalue weighted by molar-refractivity contribution is 5.80. The van der Waals surface area contributed by atoms with Crippen molar-refractivity contribution in [3.8, 4) is 0 Å². The van der Waals surface area contributed by atoms with Crippen LogP contribution in [0.5, 0.6) is 0 Å². The average molecular weight is 422 g/mol. The summed E-state index contributed by atoms with van der Waals surface area (Å²) in [6.07, 6.45) is -3.23. The van der Waals surface area contributed by atoms with E-state index in [-0.39, 0.29) is 5.92 Å². The summed E-state index contributed by atoms with van der Waals surface area (Å²) < 4.78 is 43.6. The third-order valence-electron chi connectivity index (χ3n) is 5.51. The van der Waals surface area contributed by atoms with Gasteiger partial charge in [0.1, 0.15) is 0 Å². The number of guanidine groups is 1. The van der Waals surface area contributed by atoms with Gasteiger partial charge in [-0.3, -0.25) is 14.8 Å². The summed E-state index contributed by atoms with van der Waals surface area (Å²) in [5.41, 5.74) is 0. The molecular weight excluding hydrogens is 383 g/mol. The third kappa shape index (κ3) is 9.09. The van der Waals surface area contributed by atoms with E-state index in [1.165, 1.54) is 4.90 Å². The number of alkyl halides is 3. The molecule has 2 atom stereocenters. The second-order valence-corrected chi connectivity index (χ2v) is 8.26. The van der Waals surface area contributed by atoms with E-state index in [0.717, 1.165) is 71.4 Å². The predicted octanol–water partition coefficient (Wildman–Crippen LogP) is 2.13. The zero-order chi connectivity index (χ0) is 21.3. The summed E-state index contributed by atoms with van der Waals surface area (Å²) in [6, 6.07) is 0. The predicted molar refractivity (Wildman–Crippen MR) is 110 cm³/mol. The van der Waals surface area contributed by atoms with Crippen LogP contribution in [0.2, 0.25) is 0 Å². The van der Waals surface area contributed by atoms with E-state index in [1.807, 2.05) is 6.92 Å². The maximum absolute atomic E-state index is 12.7. The minimum absolute atomic E-state index is 0.243. The number of nitrogens with zero attached hydrogens (tertiary/aromatic N) is 4. The van der Waals surface area contributed by atoms with Gasteiger partial charge in [0, 0.05) is 52.4 Å². The highest BCUT2D eigenvalue weighted by Crippen LogP contribution is 2.21. The van der Waals surface area contributed by atoms with Gasteiger partial charge in [-0.05, 0) is 31.7 Å². The van der Waals surface area contributed by atoms with Crippen molar-refractivity contribution in [2.75, 3.05) is 78.7 Å². The van der Waals surface area contributed by atoms with Gasteiger partial charge in [0.15, 0.2) is 5.96 Å². The minimum atomic E-state index is -4.14. The highest BCUT2D eigenvalue weighted by atomic mass is 19.4. The van der Waals surface area contributed by atoms with Gasteiger partial charge in [-0.2, -0.15) is 13.2 Å². The van der Waals surface area contributed by atoms with Crippen molar-refractivity contribution in [2.24, 2.45) is 16.8 Å². The lowest BCUT2D eigenvalue weighted by Gasteiger charge is -2.29. The molecule has 2 rings (SSSR count). The monoisotopic (exact) mass is 421 g/mol. The fraction of sp³-hybridized carbons (Fsp3) is 0.950. The molecule has 9 heteroatoms. The van der Waals surface area contributed by atoms with Crippen molar-refractivity contribution in [2.45, 2.75) is 33.4 Å². The molecule has 29 heavy (non-hydrogen) atoms. The smallest absolute Gasteiger partial charge is 0.379 e. The van der Waals surface area contributed by atoms with E-state index in [9.17, 15) is 13.2 Å². The van der Waals surface area contributed by atoms with Crippen LogP contribution < -0.4 is 5.32 Å². The summed E-state index contributed by atoms with van der Waals surface area (Å²) in [5, 5.41) is 3.36. The van der Waals surface area contributed by atoms with Gasteiger partial charge in [-0.25, -0.2) is 0 Å². The SMILES string of the molecule is CCNC(=NCC(C)CN1CCOCC1)N1CCC(CN(CC)CC(F)(F)F)C1. The molecule has 0 aromatic heterocycles. The molecule has 0 saturated carbocycles. The second-order valence-electron chi connectivity index (χ2n) is 8.26. The van der Waals surface area contributed by atoms with Crippen molar-refractivity contribution in [3.05, 3.63) is 0 Å². The molecule has 0 aromatic carbocycles. The van der Waals surface area contributed by atoms with E-state index in [1.54, 1.807) is 6.92 Å². The molecule has 0 aromatic rings. The van der Waals surface area contributed by atoms with E-state index < -0.39 is 12.7 Å². The molecule has 6 nitrogen and oxygen atoms in total. The lowest BCUT2D eigenvalue weighted by Crippen LogP contribution is -2.42. The van der Waals surface area contributed by atoms with E-state index in [0.29, 0.717) is 19.0 Å². The first kappa shape index (κ1) is 24.2. The van der Waals surface area contributed by atoms with Gasteiger partial charge in [-0.1, -0.05) is 13.8 Å². The van der Waals surface area contributed by atoms with Crippen molar-refractivity contribution in [1.82, 2.24) is 20.0 Å². The Labute approximate surface area is 173 Å². The lowest BCUT2D eigenvalue weighted by atomic mass is 10.1. The van der Waals surface area contributed by atoms with Gasteiger partial charge in [0.2, 0.25) is 0 Å². The molecule has 1 N–H and O–H groups in total. The third-order valence-corrected chi connectivity index (χ3v) is 5.51. The Kier molecular flexibility index (Phi) is 9.98. The molecule has 2 unspecified atom stereocenters. The first-order valence-corrected chi connectivity index (χ1v) is 10.9. The maximum atomic E-state index is 12.7. The van der Waals surface area contributed by atoms with Crippen molar-refractivity contribution in [1.29, 1.82) is 0 Å². The fourth-order valence-electron chi connectivity index (χ4n) is 4.05. The molecule has 0 spiro atoms. The van der Waals surface area contributed by atoms with E-state index >= 15 is 0 Å². The zero-order valence-electron chi connectivity index (χ0n) is 18.2. The second kappa shape index (κ2) is 12.0. The van der Waals surface area contributed by atoms with Gasteiger partial charge in [-0.15, -0.1) is 0 Å². The number of nitrogens with one attached hydrogen (secondary N) is 1. The standard InChI is InChI=1S/C20H38F3N5O/c1-4-24-19(25-12-17(3)13-27-8-10-29-11-9-27)28-7-6-18(15-28)14-26(5-2)16-20(21,22)23/h17-18H,4-16H2,1-3H3,(H,24,25). The highest BCUT2D eigenvalue weighted by Gasteiger charge is 2.33. The van der Waals surface area contributed by atoms with Crippen molar-refractivity contribution >= 4 is 5.96 Å². The number of hydrogen-bond acceptors (Lipinski definition) is 4. The Bertz CT molecular complexity index is 497. The quantitative estimate of drug-likeness (QED) is 0.456. The van der Waals surface area contributed by atoms with Crippen LogP contribution >= 0.6 is 0 Å². The van der Waals surface area contributed by atoms with Crippen LogP contribution in [0, 0.1) is 11.8 Å². The van der Waals surface area contributed by atoms with Crippen LogP contribution in [0.3, 0.4) is 0 Å². The van der Waals surface area contributed by atoms with Gasteiger partial charge in [0.05, 0.1) is 19.8 Å². The lowest BCUT2D eigenvalue weighted by molar-refractivity contribution is -0.146. The number of ether oxygens (including phenoxy) is 1. The summed E-state index contributed by atoms with van der Waals surface area (Å²) in [7, 11) is 0. The van der Waals surface area contributed by atoms with E-state index in [4.69, 9.17) is 9.73 Å². The van der Waals surface area contributed by atoms with Gasteiger partial charge in [0.25, 0.3) is 0 Å². The van der Waals surface area contributed by atoms with E-state index in [2.05, 4.69) is 22.0 Å². The van der Waals surface area contributed by atoms with Crippen LogP contribution in [-0.2, 0) is 4.74 Å². The van der Waals surface area contributed by atoms with Crippen molar-refractivity contribution < 1.29 is 17.9 Å². The summed E-state index contributed by atoms with van der Waals surface area (Å²) >= 11 is 0. The van der Waals surface area contributed by atoms with Crippen LogP contribution in [0.1, 0.15) is 27.2 Å². The number of hydrogen-bond donors (Lipinski definition) is 1. The molecule has 2 saturated heterocycles. The number of aliphatic imine (C=N–C) groups is 1. The molecule has 0 amide bonds. The molecule has 0 radical (unpaired) electrons. The van der Waals surface area contributed by atoms with Gasteiger partial charge >= 0.3 is 6.18 Å². The average Bonchev–Trinajstić information content (AvgIpc) is 3.12. The van der Waals surface area contributed by atoms with Crippen LogP contribution in [0.25, 0.3) is 0 Å². The van der Waals surface area contributed by atoms with Gasteiger partial charge < -0.3 is 15.0 Å². The minimum Gasteiger partial charge on any atom is -0.379 e. The Balaban J connectivity index is 1.83. The maximum Gasteiger partial charge on any atom is 0.401 e. The fourth-order valence-corrected chi connectivity index (χ4v) is 4.05. The Morgan fingerprint density at radius 3 is 2.59 bits per heavy atom. The molecule has 2 aliphatic rings. The first-order chi connectivity index (χ1) is 13.8. The molecule has 0 bridgehead atoms. The summed E-state index contributed by atoms with van der Waals surface area (Å²) in [5.74, 6) is 1.58. The Morgan fingerprint density at radius 2 is 1.97 bits per heavy atom. The first-order valence-electron chi connectivity index (χ1n) is 10.9. The normalized spacial score (nSPS) is 23.1. The molecule has 2 heterocycles. The Morgan fingerprint density at radius 1 is 1.24 bits per heavy atom. The molecular formula is C20H38F3N5O. The number of morpholine rings is 1. The molecule has 2 fully saturated rings. The van der Waals surface area contributed by atoms with Crippen LogP contribution in [-0.4, -0.2) is 105 Å². The molecule has 2 aliphatic heterocycles. The van der Waals surface area contributed by atoms with Crippen LogP contribution in [0.4, 0.5) is 13.2 Å². The summed E-state index contributed by atoms with van der Waals surface area (Å²) in [4.78, 5) is 11.0. The number of rotatable bonds is 9. The molecule has 0 aliphatic carbocycles. The van der Waals surface area contributed by atoms with Crippen LogP contribution in [0.15, 0.2) is 4.99 Å². The largest absolute Gasteiger partial charge is 0.401 e. The number of halogens is 3. The Hall–Kier alpha value is -1.06. The zero-order valence-corrected chi connectivity index (χ0v) is 18.2. The summed E-state index contributed by atoms with van der Waals surface area (Å²) in [6.45, 7) is 13.8. The topological polar surface area (TPSA) is 43.3 Å². The molecule has 170 valence electrons. The van der Waals surface area contributed by atoms with Crippen molar-refractivity contribution in [3.63, 3.8) is 0 Å². The number of likely N-dealkylation sites (tertiary alicyclic amines) is 1.